The van der Waals surface area contributed by atoms with Crippen molar-refractivity contribution in [3.63, 3.8) is 0 Å². The van der Waals surface area contributed by atoms with Crippen LogP contribution in [0, 0.1) is 0 Å². The fourth-order valence-corrected chi connectivity index (χ4v) is 3.63. The SMILES string of the molecule is CN(C)Cc1cccc(CSCCNc2ncc(Cc3ncc[nH]3)c(=O)[nH]2)c1. The van der Waals surface area contributed by atoms with Gasteiger partial charge in [0, 0.05) is 55.2 Å². The highest BCUT2D eigenvalue weighted by Crippen LogP contribution is 2.14. The van der Waals surface area contributed by atoms with Crippen molar-refractivity contribution in [1.82, 2.24) is 24.8 Å². The Morgan fingerprint density at radius 3 is 2.82 bits per heavy atom. The summed E-state index contributed by atoms with van der Waals surface area (Å²) in [5.41, 5.74) is 3.11. The molecule has 0 atom stereocenters. The van der Waals surface area contributed by atoms with Gasteiger partial charge in [-0.3, -0.25) is 9.78 Å². The molecular formula is C20H26N6OS. The molecule has 0 amide bonds. The van der Waals surface area contributed by atoms with E-state index in [1.165, 1.54) is 11.1 Å². The summed E-state index contributed by atoms with van der Waals surface area (Å²) in [6.07, 6.45) is 5.46. The Morgan fingerprint density at radius 1 is 1.21 bits per heavy atom. The summed E-state index contributed by atoms with van der Waals surface area (Å²) in [6, 6.07) is 8.70. The number of hydrogen-bond donors (Lipinski definition) is 3. The lowest BCUT2D eigenvalue weighted by molar-refractivity contribution is 0.402. The summed E-state index contributed by atoms with van der Waals surface area (Å²) in [6.45, 7) is 1.69. The van der Waals surface area contributed by atoms with E-state index in [1.54, 1.807) is 18.6 Å². The number of H-pyrrole nitrogens is 2. The summed E-state index contributed by atoms with van der Waals surface area (Å²) in [7, 11) is 4.16. The quantitative estimate of drug-likeness (QED) is 0.455. The molecule has 3 aromatic rings. The van der Waals surface area contributed by atoms with Crippen molar-refractivity contribution >= 4 is 17.7 Å². The first-order chi connectivity index (χ1) is 13.6. The van der Waals surface area contributed by atoms with Gasteiger partial charge in [0.05, 0.1) is 0 Å². The fourth-order valence-electron chi connectivity index (χ4n) is 2.83. The number of imidazole rings is 1. The van der Waals surface area contributed by atoms with E-state index in [9.17, 15) is 4.79 Å². The normalized spacial score (nSPS) is 11.1. The number of hydrogen-bond acceptors (Lipinski definition) is 6. The van der Waals surface area contributed by atoms with E-state index in [1.807, 2.05) is 11.8 Å². The topological polar surface area (TPSA) is 89.7 Å². The lowest BCUT2D eigenvalue weighted by Crippen LogP contribution is -2.18. The van der Waals surface area contributed by atoms with Gasteiger partial charge in [0.25, 0.3) is 5.56 Å². The molecule has 3 rings (SSSR count). The van der Waals surface area contributed by atoms with E-state index in [0.29, 0.717) is 17.9 Å². The van der Waals surface area contributed by atoms with Crippen LogP contribution in [-0.2, 0) is 18.7 Å². The summed E-state index contributed by atoms with van der Waals surface area (Å²) in [5, 5.41) is 3.18. The van der Waals surface area contributed by atoms with Crippen LogP contribution in [0.15, 0.2) is 47.7 Å². The van der Waals surface area contributed by atoms with Crippen LogP contribution in [0.4, 0.5) is 5.95 Å². The molecule has 7 nitrogen and oxygen atoms in total. The van der Waals surface area contributed by atoms with Crippen LogP contribution in [-0.4, -0.2) is 51.2 Å². The van der Waals surface area contributed by atoms with Gasteiger partial charge in [0.1, 0.15) is 5.82 Å². The van der Waals surface area contributed by atoms with E-state index < -0.39 is 0 Å². The molecule has 0 spiro atoms. The molecule has 0 aliphatic heterocycles. The molecule has 8 heteroatoms. The molecule has 3 N–H and O–H groups in total. The molecule has 0 saturated heterocycles. The maximum atomic E-state index is 12.2. The standard InChI is InChI=1S/C20H26N6OS/c1-26(2)13-15-4-3-5-16(10-15)14-28-9-8-23-20-24-12-17(19(27)25-20)11-18-21-6-7-22-18/h3-7,10,12H,8-9,11,13-14H2,1-2H3,(H,21,22)(H2,23,24,25,27). The van der Waals surface area contributed by atoms with E-state index in [4.69, 9.17) is 0 Å². The summed E-state index contributed by atoms with van der Waals surface area (Å²) < 4.78 is 0. The third-order valence-corrected chi connectivity index (χ3v) is 5.11. The van der Waals surface area contributed by atoms with Crippen molar-refractivity contribution < 1.29 is 0 Å². The molecule has 0 aliphatic rings. The maximum Gasteiger partial charge on any atom is 0.255 e. The zero-order chi connectivity index (χ0) is 19.8. The Kier molecular flexibility index (Phi) is 7.27. The average molecular weight is 399 g/mol. The minimum Gasteiger partial charge on any atom is -0.355 e. The van der Waals surface area contributed by atoms with Gasteiger partial charge in [-0.2, -0.15) is 11.8 Å². The van der Waals surface area contributed by atoms with Crippen LogP contribution < -0.4 is 10.9 Å². The molecule has 0 bridgehead atoms. The molecule has 0 saturated carbocycles. The Bertz CT molecular complexity index is 922. The van der Waals surface area contributed by atoms with Crippen molar-refractivity contribution in [2.75, 3.05) is 31.7 Å². The van der Waals surface area contributed by atoms with Gasteiger partial charge in [-0.05, 0) is 25.2 Å². The van der Waals surface area contributed by atoms with Crippen molar-refractivity contribution in [2.24, 2.45) is 0 Å². The molecule has 0 fully saturated rings. The van der Waals surface area contributed by atoms with Crippen LogP contribution in [0.1, 0.15) is 22.5 Å². The number of aromatic amines is 2. The lowest BCUT2D eigenvalue weighted by atomic mass is 10.1. The van der Waals surface area contributed by atoms with Crippen LogP contribution >= 0.6 is 11.8 Å². The van der Waals surface area contributed by atoms with Gasteiger partial charge >= 0.3 is 0 Å². The smallest absolute Gasteiger partial charge is 0.255 e. The molecule has 2 heterocycles. The summed E-state index contributed by atoms with van der Waals surface area (Å²) in [5.74, 6) is 3.14. The molecule has 0 aliphatic carbocycles. The minimum absolute atomic E-state index is 0.140. The van der Waals surface area contributed by atoms with E-state index in [0.717, 1.165) is 30.4 Å². The molecule has 28 heavy (non-hydrogen) atoms. The van der Waals surface area contributed by atoms with Crippen LogP contribution in [0.25, 0.3) is 0 Å². The Balaban J connectivity index is 1.42. The summed E-state index contributed by atoms with van der Waals surface area (Å²) in [4.78, 5) is 28.5. The zero-order valence-electron chi connectivity index (χ0n) is 16.2. The van der Waals surface area contributed by atoms with E-state index in [2.05, 4.69) is 68.5 Å². The molecule has 2 aromatic heterocycles. The number of benzene rings is 1. The molecule has 148 valence electrons. The lowest BCUT2D eigenvalue weighted by Gasteiger charge is -2.11. The monoisotopic (exact) mass is 398 g/mol. The van der Waals surface area contributed by atoms with Crippen LogP contribution in [0.5, 0.6) is 0 Å². The number of thioether (sulfide) groups is 1. The van der Waals surface area contributed by atoms with Gasteiger partial charge in [-0.1, -0.05) is 24.3 Å². The third-order valence-electron chi connectivity index (χ3n) is 4.08. The van der Waals surface area contributed by atoms with Crippen molar-refractivity contribution in [3.05, 3.63) is 75.7 Å². The first-order valence-corrected chi connectivity index (χ1v) is 10.4. The van der Waals surface area contributed by atoms with E-state index in [-0.39, 0.29) is 5.56 Å². The van der Waals surface area contributed by atoms with Gasteiger partial charge in [-0.25, -0.2) is 9.97 Å². The predicted octanol–water partition coefficient (Wildman–Crippen LogP) is 2.49. The Labute approximate surface area is 169 Å². The van der Waals surface area contributed by atoms with Crippen molar-refractivity contribution in [2.45, 2.75) is 18.7 Å². The van der Waals surface area contributed by atoms with Crippen LogP contribution in [0.3, 0.4) is 0 Å². The molecule has 0 radical (unpaired) electrons. The first kappa shape index (κ1) is 20.2. The van der Waals surface area contributed by atoms with Gasteiger partial charge in [0.15, 0.2) is 0 Å². The fraction of sp³-hybridized carbons (Fsp3) is 0.350. The molecule has 0 unspecified atom stereocenters. The van der Waals surface area contributed by atoms with Crippen molar-refractivity contribution in [3.8, 4) is 0 Å². The molecular weight excluding hydrogens is 372 g/mol. The second kappa shape index (κ2) is 10.1. The Hall–Kier alpha value is -2.58. The number of anilines is 1. The highest BCUT2D eigenvalue weighted by atomic mass is 32.2. The van der Waals surface area contributed by atoms with Crippen LogP contribution in [0.2, 0.25) is 0 Å². The Morgan fingerprint density at radius 2 is 2.07 bits per heavy atom. The van der Waals surface area contributed by atoms with E-state index >= 15 is 0 Å². The van der Waals surface area contributed by atoms with Crippen molar-refractivity contribution in [1.29, 1.82) is 0 Å². The minimum atomic E-state index is -0.140. The highest BCUT2D eigenvalue weighted by Gasteiger charge is 2.05. The summed E-state index contributed by atoms with van der Waals surface area (Å²) >= 11 is 1.86. The number of nitrogens with one attached hydrogen (secondary N) is 3. The second-order valence-electron chi connectivity index (χ2n) is 6.84. The zero-order valence-corrected chi connectivity index (χ0v) is 17.1. The third kappa shape index (κ3) is 6.24. The predicted molar refractivity (Wildman–Crippen MR) is 115 cm³/mol. The highest BCUT2D eigenvalue weighted by molar-refractivity contribution is 7.98. The number of nitrogens with zero attached hydrogens (tertiary/aromatic N) is 3. The maximum absolute atomic E-state index is 12.2. The molecule has 1 aromatic carbocycles. The average Bonchev–Trinajstić information content (AvgIpc) is 3.16. The number of aromatic nitrogens is 4. The number of rotatable bonds is 10. The second-order valence-corrected chi connectivity index (χ2v) is 7.94. The van der Waals surface area contributed by atoms with Gasteiger partial charge < -0.3 is 15.2 Å². The van der Waals surface area contributed by atoms with Gasteiger partial charge in [0.2, 0.25) is 5.95 Å². The largest absolute Gasteiger partial charge is 0.355 e. The first-order valence-electron chi connectivity index (χ1n) is 9.21. The van der Waals surface area contributed by atoms with Gasteiger partial charge in [-0.15, -0.1) is 0 Å².